The minimum absolute atomic E-state index is 0.207. The molecule has 2 rings (SSSR count). The number of ether oxygens (including phenoxy) is 2. The summed E-state index contributed by atoms with van der Waals surface area (Å²) < 4.78 is 12.1. The van der Waals surface area contributed by atoms with Gasteiger partial charge in [0, 0.05) is 10.0 Å². The van der Waals surface area contributed by atoms with Crippen molar-refractivity contribution in [2.45, 2.75) is 27.2 Å². The predicted octanol–water partition coefficient (Wildman–Crippen LogP) is 4.02. The van der Waals surface area contributed by atoms with Gasteiger partial charge in [-0.2, -0.15) is 0 Å². The molecule has 2 aromatic carbocycles. The van der Waals surface area contributed by atoms with Crippen LogP contribution in [-0.4, -0.2) is 25.0 Å². The van der Waals surface area contributed by atoms with E-state index in [2.05, 4.69) is 40.6 Å². The largest absolute Gasteiger partial charge is 0.494 e. The molecule has 2 amide bonds. The van der Waals surface area contributed by atoms with E-state index in [1.54, 1.807) is 30.3 Å². The zero-order chi connectivity index (χ0) is 20.5. The molecule has 0 atom stereocenters. The summed E-state index contributed by atoms with van der Waals surface area (Å²) >= 11 is 3.37. The van der Waals surface area contributed by atoms with Crippen LogP contribution in [0.3, 0.4) is 0 Å². The second-order valence-electron chi connectivity index (χ2n) is 6.76. The van der Waals surface area contributed by atoms with E-state index in [0.29, 0.717) is 29.6 Å². The van der Waals surface area contributed by atoms with Gasteiger partial charge in [0.05, 0.1) is 6.61 Å². The van der Waals surface area contributed by atoms with Crippen LogP contribution >= 0.6 is 15.9 Å². The summed E-state index contributed by atoms with van der Waals surface area (Å²) in [6.07, 6.45) is 0.935. The van der Waals surface area contributed by atoms with Crippen LogP contribution < -0.4 is 20.3 Å². The van der Waals surface area contributed by atoms with E-state index < -0.39 is 11.8 Å². The number of hydrazine groups is 1. The van der Waals surface area contributed by atoms with E-state index in [4.69, 9.17) is 9.47 Å². The van der Waals surface area contributed by atoms with Crippen molar-refractivity contribution >= 4 is 27.7 Å². The van der Waals surface area contributed by atoms with Gasteiger partial charge in [-0.3, -0.25) is 20.4 Å². The highest BCUT2D eigenvalue weighted by Crippen LogP contribution is 2.22. The summed E-state index contributed by atoms with van der Waals surface area (Å²) in [7, 11) is 0. The van der Waals surface area contributed by atoms with Gasteiger partial charge in [-0.25, -0.2) is 0 Å². The summed E-state index contributed by atoms with van der Waals surface area (Å²) in [6.45, 7) is 6.51. The quantitative estimate of drug-likeness (QED) is 0.597. The van der Waals surface area contributed by atoms with Crippen molar-refractivity contribution in [3.05, 3.63) is 58.1 Å². The molecule has 28 heavy (non-hydrogen) atoms. The summed E-state index contributed by atoms with van der Waals surface area (Å²) in [5.41, 5.74) is 6.02. The van der Waals surface area contributed by atoms with Crippen LogP contribution in [0.15, 0.2) is 46.9 Å². The van der Waals surface area contributed by atoms with Gasteiger partial charge in [0.2, 0.25) is 0 Å². The number of nitrogens with one attached hydrogen (secondary N) is 2. The van der Waals surface area contributed by atoms with Gasteiger partial charge in [0.25, 0.3) is 11.8 Å². The van der Waals surface area contributed by atoms with Crippen molar-refractivity contribution in [3.63, 3.8) is 0 Å². The lowest BCUT2D eigenvalue weighted by Crippen LogP contribution is -2.43. The van der Waals surface area contributed by atoms with Crippen molar-refractivity contribution in [1.82, 2.24) is 10.9 Å². The molecule has 150 valence electrons. The summed E-state index contributed by atoms with van der Waals surface area (Å²) in [5, 5.41) is 0. The zero-order valence-corrected chi connectivity index (χ0v) is 17.8. The van der Waals surface area contributed by atoms with Crippen molar-refractivity contribution < 1.29 is 19.1 Å². The molecule has 2 N–H and O–H groups in total. The maximum absolute atomic E-state index is 12.2. The Morgan fingerprint density at radius 3 is 2.57 bits per heavy atom. The Kier molecular flexibility index (Phi) is 8.32. The van der Waals surface area contributed by atoms with Crippen molar-refractivity contribution in [1.29, 1.82) is 0 Å². The molecule has 0 unspecified atom stereocenters. The molecule has 0 fully saturated rings. The third-order valence-corrected chi connectivity index (χ3v) is 4.36. The summed E-state index contributed by atoms with van der Waals surface area (Å²) in [6, 6.07) is 12.3. The number of rotatable bonds is 8. The van der Waals surface area contributed by atoms with E-state index in [-0.39, 0.29) is 6.61 Å². The molecule has 0 aliphatic rings. The fraction of sp³-hybridized carbons (Fsp3) is 0.333. The SMILES string of the molecule is Cc1cc(Br)ccc1OCC(=O)NNC(=O)c1cccc(OCCC(C)C)c1. The van der Waals surface area contributed by atoms with Crippen molar-refractivity contribution in [2.75, 3.05) is 13.2 Å². The van der Waals surface area contributed by atoms with E-state index in [1.165, 1.54) is 0 Å². The Morgan fingerprint density at radius 1 is 1.07 bits per heavy atom. The molecule has 0 saturated carbocycles. The highest BCUT2D eigenvalue weighted by molar-refractivity contribution is 9.10. The van der Waals surface area contributed by atoms with Crippen LogP contribution in [0.5, 0.6) is 11.5 Å². The third-order valence-electron chi connectivity index (χ3n) is 3.87. The normalized spacial score (nSPS) is 10.5. The molecule has 2 aromatic rings. The van der Waals surface area contributed by atoms with Crippen molar-refractivity contribution in [3.8, 4) is 11.5 Å². The Hall–Kier alpha value is -2.54. The molecular formula is C21H25BrN2O4. The van der Waals surface area contributed by atoms with Crippen LogP contribution in [0.25, 0.3) is 0 Å². The van der Waals surface area contributed by atoms with Crippen molar-refractivity contribution in [2.24, 2.45) is 5.92 Å². The minimum Gasteiger partial charge on any atom is -0.494 e. The maximum atomic E-state index is 12.2. The first-order valence-electron chi connectivity index (χ1n) is 9.06. The standard InChI is InChI=1S/C21H25BrN2O4/c1-14(2)9-10-27-18-6-4-5-16(12-18)21(26)24-23-20(25)13-28-19-8-7-17(22)11-15(19)3/h4-8,11-12,14H,9-10,13H2,1-3H3,(H,23,25)(H,24,26). The van der Waals surface area contributed by atoms with Gasteiger partial charge in [-0.15, -0.1) is 0 Å². The lowest BCUT2D eigenvalue weighted by molar-refractivity contribution is -0.123. The molecule has 0 aromatic heterocycles. The first-order chi connectivity index (χ1) is 13.3. The van der Waals surface area contributed by atoms with Crippen LogP contribution in [0, 0.1) is 12.8 Å². The number of hydrogen-bond acceptors (Lipinski definition) is 4. The molecule has 0 saturated heterocycles. The maximum Gasteiger partial charge on any atom is 0.276 e. The number of amides is 2. The Labute approximate surface area is 173 Å². The van der Waals surface area contributed by atoms with Gasteiger partial charge in [0.1, 0.15) is 11.5 Å². The number of carbonyl (C=O) groups is 2. The van der Waals surface area contributed by atoms with Crippen LogP contribution in [0.1, 0.15) is 36.2 Å². The van der Waals surface area contributed by atoms with E-state index >= 15 is 0 Å². The average molecular weight is 449 g/mol. The Balaban J connectivity index is 1.80. The predicted molar refractivity (Wildman–Crippen MR) is 111 cm³/mol. The molecular weight excluding hydrogens is 424 g/mol. The highest BCUT2D eigenvalue weighted by Gasteiger charge is 2.10. The third kappa shape index (κ3) is 7.23. The first-order valence-corrected chi connectivity index (χ1v) is 9.85. The fourth-order valence-corrected chi connectivity index (χ4v) is 2.77. The van der Waals surface area contributed by atoms with Gasteiger partial charge >= 0.3 is 0 Å². The summed E-state index contributed by atoms with van der Waals surface area (Å²) in [4.78, 5) is 24.1. The first kappa shape index (κ1) is 21.8. The molecule has 6 nitrogen and oxygen atoms in total. The second kappa shape index (κ2) is 10.7. The van der Waals surface area contributed by atoms with E-state index in [9.17, 15) is 9.59 Å². The monoisotopic (exact) mass is 448 g/mol. The average Bonchev–Trinajstić information content (AvgIpc) is 2.65. The second-order valence-corrected chi connectivity index (χ2v) is 7.68. The molecule has 7 heteroatoms. The number of carbonyl (C=O) groups excluding carboxylic acids is 2. The van der Waals surface area contributed by atoms with Crippen LogP contribution in [0.4, 0.5) is 0 Å². The lowest BCUT2D eigenvalue weighted by atomic mass is 10.1. The number of aryl methyl sites for hydroxylation is 1. The minimum atomic E-state index is -0.458. The number of hydrogen-bond donors (Lipinski definition) is 2. The molecule has 0 aliphatic carbocycles. The van der Waals surface area contributed by atoms with Crippen LogP contribution in [-0.2, 0) is 4.79 Å². The fourth-order valence-electron chi connectivity index (χ4n) is 2.29. The Morgan fingerprint density at radius 2 is 1.86 bits per heavy atom. The topological polar surface area (TPSA) is 76.7 Å². The highest BCUT2D eigenvalue weighted by atomic mass is 79.9. The van der Waals surface area contributed by atoms with Crippen LogP contribution in [0.2, 0.25) is 0 Å². The van der Waals surface area contributed by atoms with E-state index in [0.717, 1.165) is 16.5 Å². The molecule has 0 bridgehead atoms. The molecule has 0 spiro atoms. The Bertz CT molecular complexity index is 824. The number of halogens is 1. The number of benzene rings is 2. The zero-order valence-electron chi connectivity index (χ0n) is 16.3. The van der Waals surface area contributed by atoms with Gasteiger partial charge in [-0.05, 0) is 61.2 Å². The van der Waals surface area contributed by atoms with Gasteiger partial charge < -0.3 is 9.47 Å². The molecule has 0 radical (unpaired) electrons. The van der Waals surface area contributed by atoms with E-state index in [1.807, 2.05) is 19.1 Å². The van der Waals surface area contributed by atoms with Gasteiger partial charge in [0.15, 0.2) is 6.61 Å². The summed E-state index contributed by atoms with van der Waals surface area (Å²) in [5.74, 6) is 0.886. The smallest absolute Gasteiger partial charge is 0.276 e. The molecule has 0 aliphatic heterocycles. The molecule has 0 heterocycles. The van der Waals surface area contributed by atoms with Gasteiger partial charge in [-0.1, -0.05) is 35.8 Å². The lowest BCUT2D eigenvalue weighted by Gasteiger charge is -2.11.